The van der Waals surface area contributed by atoms with E-state index in [1.165, 1.54) is 18.7 Å². The molecule has 0 N–H and O–H groups in total. The van der Waals surface area contributed by atoms with Gasteiger partial charge in [0.25, 0.3) is 0 Å². The van der Waals surface area contributed by atoms with E-state index in [1.54, 1.807) is 18.3 Å². The highest BCUT2D eigenvalue weighted by atomic mass is 19.1. The second-order valence-corrected chi connectivity index (χ2v) is 6.49. The molecule has 1 fully saturated rings. The third-order valence-corrected chi connectivity index (χ3v) is 5.23. The van der Waals surface area contributed by atoms with Crippen LogP contribution in [0, 0.1) is 17.7 Å². The van der Waals surface area contributed by atoms with Gasteiger partial charge in [-0.1, -0.05) is 6.92 Å². The summed E-state index contributed by atoms with van der Waals surface area (Å²) in [6.45, 7) is 1.95. The molecule has 0 spiro atoms. The van der Waals surface area contributed by atoms with E-state index >= 15 is 0 Å². The minimum Gasteiger partial charge on any atom is -0.469 e. The summed E-state index contributed by atoms with van der Waals surface area (Å²) in [5, 5.41) is 0.914. The zero-order chi connectivity index (χ0) is 16.4. The maximum absolute atomic E-state index is 13.6. The summed E-state index contributed by atoms with van der Waals surface area (Å²) in [6.07, 6.45) is 5.84. The zero-order valence-corrected chi connectivity index (χ0v) is 13.6. The first-order valence-corrected chi connectivity index (χ1v) is 8.22. The molecule has 1 aliphatic carbocycles. The van der Waals surface area contributed by atoms with Crippen molar-refractivity contribution in [1.82, 2.24) is 4.98 Å². The molecule has 1 aromatic heterocycles. The second-order valence-electron chi connectivity index (χ2n) is 6.49. The number of carbonyl (C=O) groups is 1. The molecular weight excluding hydrogens is 293 g/mol. The average molecular weight is 315 g/mol. The van der Waals surface area contributed by atoms with Gasteiger partial charge in [0.2, 0.25) is 0 Å². The van der Waals surface area contributed by atoms with Gasteiger partial charge in [-0.25, -0.2) is 4.39 Å². The van der Waals surface area contributed by atoms with Gasteiger partial charge in [0.15, 0.2) is 0 Å². The Balaban J connectivity index is 1.78. The SMILES string of the molecule is COC(=O)[C@H](C)C1CCC(c2ccnc3ccc(F)cc23)CC1. The molecule has 0 unspecified atom stereocenters. The fraction of sp³-hybridized carbons (Fsp3) is 0.474. The highest BCUT2D eigenvalue weighted by Crippen LogP contribution is 2.40. The van der Waals surface area contributed by atoms with Crippen LogP contribution in [0.4, 0.5) is 4.39 Å². The Kier molecular flexibility index (Phi) is 4.60. The van der Waals surface area contributed by atoms with Crippen molar-refractivity contribution in [3.05, 3.63) is 41.8 Å². The van der Waals surface area contributed by atoms with Crippen molar-refractivity contribution >= 4 is 16.9 Å². The van der Waals surface area contributed by atoms with Crippen LogP contribution >= 0.6 is 0 Å². The maximum Gasteiger partial charge on any atom is 0.308 e. The molecule has 23 heavy (non-hydrogen) atoms. The van der Waals surface area contributed by atoms with E-state index in [0.717, 1.165) is 36.6 Å². The van der Waals surface area contributed by atoms with E-state index < -0.39 is 0 Å². The first-order chi connectivity index (χ1) is 11.1. The molecular formula is C19H22FNO2. The Hall–Kier alpha value is -1.97. The molecule has 2 aromatic rings. The molecule has 0 radical (unpaired) electrons. The van der Waals surface area contributed by atoms with Crippen LogP contribution in [0.25, 0.3) is 10.9 Å². The summed E-state index contributed by atoms with van der Waals surface area (Å²) in [4.78, 5) is 16.0. The molecule has 1 aliphatic rings. The molecule has 3 nitrogen and oxygen atoms in total. The van der Waals surface area contributed by atoms with Gasteiger partial charge in [0, 0.05) is 11.6 Å². The fourth-order valence-electron chi connectivity index (χ4n) is 3.80. The molecule has 1 atom stereocenters. The molecule has 1 heterocycles. The summed E-state index contributed by atoms with van der Waals surface area (Å²) in [5.41, 5.74) is 2.02. The number of methoxy groups -OCH3 is 1. The van der Waals surface area contributed by atoms with Gasteiger partial charge in [-0.2, -0.15) is 0 Å². The van der Waals surface area contributed by atoms with Gasteiger partial charge in [0.05, 0.1) is 18.5 Å². The van der Waals surface area contributed by atoms with Crippen LogP contribution < -0.4 is 0 Å². The summed E-state index contributed by atoms with van der Waals surface area (Å²) in [6, 6.07) is 6.78. The number of carbonyl (C=O) groups excluding carboxylic acids is 1. The Bertz CT molecular complexity index is 708. The van der Waals surface area contributed by atoms with Crippen molar-refractivity contribution in [2.75, 3.05) is 7.11 Å². The van der Waals surface area contributed by atoms with Crippen molar-refractivity contribution in [3.63, 3.8) is 0 Å². The van der Waals surface area contributed by atoms with E-state index in [-0.39, 0.29) is 17.7 Å². The van der Waals surface area contributed by atoms with Crippen molar-refractivity contribution in [3.8, 4) is 0 Å². The lowest BCUT2D eigenvalue weighted by Crippen LogP contribution is -2.26. The smallest absolute Gasteiger partial charge is 0.308 e. The second kappa shape index (κ2) is 6.65. The van der Waals surface area contributed by atoms with E-state index in [0.29, 0.717) is 11.8 Å². The molecule has 122 valence electrons. The Labute approximate surface area is 135 Å². The van der Waals surface area contributed by atoms with Gasteiger partial charge < -0.3 is 4.74 Å². The van der Waals surface area contributed by atoms with Crippen molar-refractivity contribution in [1.29, 1.82) is 0 Å². The molecule has 1 aromatic carbocycles. The summed E-state index contributed by atoms with van der Waals surface area (Å²) in [5.74, 6) is 0.393. The number of ether oxygens (including phenoxy) is 1. The quantitative estimate of drug-likeness (QED) is 0.785. The van der Waals surface area contributed by atoms with Gasteiger partial charge in [-0.15, -0.1) is 0 Å². The van der Waals surface area contributed by atoms with E-state index in [1.807, 2.05) is 13.0 Å². The average Bonchev–Trinajstić information content (AvgIpc) is 2.60. The number of halogens is 1. The third-order valence-electron chi connectivity index (χ3n) is 5.23. The predicted molar refractivity (Wildman–Crippen MR) is 87.6 cm³/mol. The van der Waals surface area contributed by atoms with Crippen LogP contribution in [-0.2, 0) is 9.53 Å². The van der Waals surface area contributed by atoms with Crippen LogP contribution in [0.2, 0.25) is 0 Å². The Morgan fingerprint density at radius 3 is 2.70 bits per heavy atom. The van der Waals surface area contributed by atoms with Gasteiger partial charge in [0.1, 0.15) is 5.82 Å². The van der Waals surface area contributed by atoms with Crippen LogP contribution in [0.15, 0.2) is 30.5 Å². The van der Waals surface area contributed by atoms with Gasteiger partial charge in [-0.3, -0.25) is 9.78 Å². The fourth-order valence-corrected chi connectivity index (χ4v) is 3.80. The lowest BCUT2D eigenvalue weighted by atomic mass is 9.74. The lowest BCUT2D eigenvalue weighted by molar-refractivity contribution is -0.147. The number of fused-ring (bicyclic) bond motifs is 1. The zero-order valence-electron chi connectivity index (χ0n) is 13.6. The summed E-state index contributed by atoms with van der Waals surface area (Å²) >= 11 is 0. The molecule has 0 amide bonds. The van der Waals surface area contributed by atoms with Crippen LogP contribution in [0.3, 0.4) is 0 Å². The highest BCUT2D eigenvalue weighted by molar-refractivity contribution is 5.82. The number of hydrogen-bond acceptors (Lipinski definition) is 3. The van der Waals surface area contributed by atoms with Crippen LogP contribution in [0.1, 0.15) is 44.1 Å². The van der Waals surface area contributed by atoms with Crippen molar-refractivity contribution < 1.29 is 13.9 Å². The normalized spacial score (nSPS) is 22.7. The first-order valence-electron chi connectivity index (χ1n) is 8.22. The highest BCUT2D eigenvalue weighted by Gasteiger charge is 2.30. The topological polar surface area (TPSA) is 39.2 Å². The molecule has 4 heteroatoms. The summed E-state index contributed by atoms with van der Waals surface area (Å²) in [7, 11) is 1.45. The molecule has 0 saturated heterocycles. The third kappa shape index (κ3) is 3.21. The summed E-state index contributed by atoms with van der Waals surface area (Å²) < 4.78 is 18.5. The number of pyridine rings is 1. The predicted octanol–water partition coefficient (Wildman–Crippen LogP) is 4.46. The number of esters is 1. The maximum atomic E-state index is 13.6. The first kappa shape index (κ1) is 15.9. The molecule has 1 saturated carbocycles. The van der Waals surface area contributed by atoms with Crippen LogP contribution in [-0.4, -0.2) is 18.1 Å². The standard InChI is InChI=1S/C19H22FNO2/c1-12(19(22)23-2)13-3-5-14(6-4-13)16-9-10-21-18-8-7-15(20)11-17(16)18/h7-14H,3-6H2,1-2H3/t12-,13?,14?/m1/s1. The van der Waals surface area contributed by atoms with Gasteiger partial charge >= 0.3 is 5.97 Å². The van der Waals surface area contributed by atoms with Gasteiger partial charge in [-0.05, 0) is 67.3 Å². The lowest BCUT2D eigenvalue weighted by Gasteiger charge is -2.31. The Morgan fingerprint density at radius 1 is 1.26 bits per heavy atom. The van der Waals surface area contributed by atoms with Crippen molar-refractivity contribution in [2.24, 2.45) is 11.8 Å². The monoisotopic (exact) mass is 315 g/mol. The number of nitrogens with zero attached hydrogens (tertiary/aromatic N) is 1. The number of rotatable bonds is 3. The molecule has 0 aliphatic heterocycles. The minimum atomic E-state index is -0.222. The number of benzene rings is 1. The number of aromatic nitrogens is 1. The minimum absolute atomic E-state index is 0.0485. The van der Waals surface area contributed by atoms with E-state index in [9.17, 15) is 9.18 Å². The van der Waals surface area contributed by atoms with E-state index in [4.69, 9.17) is 4.74 Å². The largest absolute Gasteiger partial charge is 0.469 e. The van der Waals surface area contributed by atoms with Crippen molar-refractivity contribution in [2.45, 2.75) is 38.5 Å². The Morgan fingerprint density at radius 2 is 2.00 bits per heavy atom. The van der Waals surface area contributed by atoms with Crippen LogP contribution in [0.5, 0.6) is 0 Å². The number of hydrogen-bond donors (Lipinski definition) is 0. The van der Waals surface area contributed by atoms with E-state index in [2.05, 4.69) is 4.98 Å². The molecule has 3 rings (SSSR count). The molecule has 0 bridgehead atoms.